The minimum atomic E-state index is -0.604. The van der Waals surface area contributed by atoms with E-state index in [1.807, 2.05) is 0 Å². The number of carbonyl (C=O) groups is 1. The molecule has 1 aromatic heterocycles. The number of methoxy groups -OCH3 is 2. The number of nitro groups is 1. The summed E-state index contributed by atoms with van der Waals surface area (Å²) in [5.74, 6) is 0.120. The molecule has 30 heavy (non-hydrogen) atoms. The molecule has 0 amide bonds. The first kappa shape index (κ1) is 21.1. The predicted molar refractivity (Wildman–Crippen MR) is 112 cm³/mol. The molecule has 0 saturated heterocycles. The van der Waals surface area contributed by atoms with Crippen molar-refractivity contribution in [2.45, 2.75) is 6.92 Å². The molecule has 0 fully saturated rings. The molecule has 1 heterocycles. The number of rotatable bonds is 7. The molecule has 0 aliphatic rings. The zero-order valence-electron chi connectivity index (χ0n) is 16.4. The Kier molecular flexibility index (Phi) is 6.22. The van der Waals surface area contributed by atoms with Crippen molar-refractivity contribution in [1.29, 1.82) is 0 Å². The number of benzene rings is 2. The van der Waals surface area contributed by atoms with Crippen LogP contribution in [-0.2, 0) is 4.74 Å². The van der Waals surface area contributed by atoms with Gasteiger partial charge in [0.25, 0.3) is 5.69 Å². The van der Waals surface area contributed by atoms with E-state index >= 15 is 0 Å². The quantitative estimate of drug-likeness (QED) is 0.324. The molecule has 3 aromatic rings. The van der Waals surface area contributed by atoms with E-state index in [4.69, 9.17) is 25.8 Å². The van der Waals surface area contributed by atoms with Crippen molar-refractivity contribution in [3.63, 3.8) is 0 Å². The van der Waals surface area contributed by atoms with Crippen LogP contribution >= 0.6 is 11.6 Å². The summed E-state index contributed by atoms with van der Waals surface area (Å²) < 4.78 is 15.7. The lowest BCUT2D eigenvalue weighted by molar-refractivity contribution is -0.384. The molecule has 0 spiro atoms. The fourth-order valence-corrected chi connectivity index (χ4v) is 3.13. The van der Waals surface area contributed by atoms with E-state index in [2.05, 4.69) is 10.3 Å². The molecule has 0 aliphatic carbocycles. The number of nitro benzene ring substituents is 1. The first-order valence-electron chi connectivity index (χ1n) is 8.82. The number of nitrogens with one attached hydrogen (secondary N) is 1. The average molecular weight is 432 g/mol. The van der Waals surface area contributed by atoms with Gasteiger partial charge in [0.2, 0.25) is 0 Å². The van der Waals surface area contributed by atoms with Crippen LogP contribution in [-0.4, -0.2) is 36.7 Å². The highest BCUT2D eigenvalue weighted by Crippen LogP contribution is 2.38. The number of halogens is 1. The Balaban J connectivity index is 2.26. The SMILES string of the molecule is CCOC(=O)c1cnc2cc(Cl)c(OC)cc2c1Nc1cc([N+](=O)[O-])ccc1OC. The lowest BCUT2D eigenvalue weighted by Crippen LogP contribution is -2.10. The van der Waals surface area contributed by atoms with Gasteiger partial charge in [-0.1, -0.05) is 11.6 Å². The number of pyridine rings is 1. The first-order chi connectivity index (χ1) is 14.4. The Morgan fingerprint density at radius 2 is 1.93 bits per heavy atom. The summed E-state index contributed by atoms with van der Waals surface area (Å²) in [5, 5.41) is 15.1. The average Bonchev–Trinajstić information content (AvgIpc) is 2.73. The number of anilines is 2. The van der Waals surface area contributed by atoms with Crippen molar-refractivity contribution in [3.8, 4) is 11.5 Å². The van der Waals surface area contributed by atoms with Gasteiger partial charge in [0.15, 0.2) is 0 Å². The van der Waals surface area contributed by atoms with Gasteiger partial charge < -0.3 is 19.5 Å². The van der Waals surface area contributed by atoms with Crippen molar-refractivity contribution in [2.24, 2.45) is 0 Å². The van der Waals surface area contributed by atoms with E-state index in [0.29, 0.717) is 38.8 Å². The second-order valence-corrected chi connectivity index (χ2v) is 6.45. The van der Waals surface area contributed by atoms with Crippen molar-refractivity contribution in [2.75, 3.05) is 26.1 Å². The third kappa shape index (κ3) is 4.06. The molecule has 156 valence electrons. The van der Waals surface area contributed by atoms with Crippen LogP contribution in [0, 0.1) is 10.1 Å². The topological polar surface area (TPSA) is 113 Å². The van der Waals surface area contributed by atoms with Gasteiger partial charge in [-0.05, 0) is 25.1 Å². The van der Waals surface area contributed by atoms with Crippen LogP contribution in [0.3, 0.4) is 0 Å². The van der Waals surface area contributed by atoms with Crippen molar-refractivity contribution < 1.29 is 23.9 Å². The van der Waals surface area contributed by atoms with Crippen LogP contribution in [0.1, 0.15) is 17.3 Å². The van der Waals surface area contributed by atoms with Crippen LogP contribution in [0.15, 0.2) is 36.5 Å². The monoisotopic (exact) mass is 431 g/mol. The summed E-state index contributed by atoms with van der Waals surface area (Å²) in [7, 11) is 2.90. The summed E-state index contributed by atoms with van der Waals surface area (Å²) in [6.45, 7) is 1.85. The smallest absolute Gasteiger partial charge is 0.341 e. The molecule has 0 saturated carbocycles. The van der Waals surface area contributed by atoms with Crippen molar-refractivity contribution >= 4 is 45.5 Å². The van der Waals surface area contributed by atoms with Crippen LogP contribution in [0.5, 0.6) is 11.5 Å². The first-order valence-corrected chi connectivity index (χ1v) is 9.20. The van der Waals surface area contributed by atoms with Gasteiger partial charge in [0, 0.05) is 23.7 Å². The summed E-state index contributed by atoms with van der Waals surface area (Å²) in [6.07, 6.45) is 1.36. The molecule has 9 nitrogen and oxygen atoms in total. The van der Waals surface area contributed by atoms with Crippen molar-refractivity contribution in [3.05, 3.63) is 57.2 Å². The van der Waals surface area contributed by atoms with Gasteiger partial charge in [-0.15, -0.1) is 0 Å². The number of non-ortho nitro benzene ring substituents is 1. The van der Waals surface area contributed by atoms with Crippen LogP contribution in [0.4, 0.5) is 17.1 Å². The number of esters is 1. The molecule has 0 radical (unpaired) electrons. The van der Waals surface area contributed by atoms with Crippen LogP contribution < -0.4 is 14.8 Å². The number of hydrogen-bond acceptors (Lipinski definition) is 8. The number of ether oxygens (including phenoxy) is 3. The number of fused-ring (bicyclic) bond motifs is 1. The second kappa shape index (κ2) is 8.83. The molecular formula is C20H18ClN3O6. The third-order valence-corrected chi connectivity index (χ3v) is 4.59. The number of nitrogens with zero attached hydrogens (tertiary/aromatic N) is 2. The molecule has 0 atom stereocenters. The van der Waals surface area contributed by atoms with Crippen LogP contribution in [0.25, 0.3) is 10.9 Å². The lowest BCUT2D eigenvalue weighted by atomic mass is 10.1. The normalized spacial score (nSPS) is 10.5. The van der Waals surface area contributed by atoms with E-state index < -0.39 is 10.9 Å². The molecular weight excluding hydrogens is 414 g/mol. The maximum absolute atomic E-state index is 12.6. The highest BCUT2D eigenvalue weighted by atomic mass is 35.5. The predicted octanol–water partition coefficient (Wildman–Crippen LogP) is 4.73. The van der Waals surface area contributed by atoms with Gasteiger partial charge in [-0.3, -0.25) is 15.1 Å². The van der Waals surface area contributed by atoms with E-state index in [1.54, 1.807) is 19.1 Å². The van der Waals surface area contributed by atoms with Crippen LogP contribution in [0.2, 0.25) is 5.02 Å². The number of carbonyl (C=O) groups excluding carboxylic acids is 1. The number of hydrogen-bond donors (Lipinski definition) is 1. The van der Waals surface area contributed by atoms with Gasteiger partial charge in [-0.2, -0.15) is 0 Å². The minimum absolute atomic E-state index is 0.141. The van der Waals surface area contributed by atoms with E-state index in [-0.39, 0.29) is 17.9 Å². The maximum Gasteiger partial charge on any atom is 0.341 e. The van der Waals surface area contributed by atoms with E-state index in [1.165, 1.54) is 38.6 Å². The fraction of sp³-hybridized carbons (Fsp3) is 0.200. The number of aromatic nitrogens is 1. The van der Waals surface area contributed by atoms with Gasteiger partial charge in [-0.25, -0.2) is 4.79 Å². The molecule has 0 unspecified atom stereocenters. The highest BCUT2D eigenvalue weighted by molar-refractivity contribution is 6.33. The standard InChI is InChI=1S/C20H18ClN3O6/c1-4-30-20(25)13-10-22-15-9-14(21)18(29-3)8-12(15)19(13)23-16-7-11(24(26)27)5-6-17(16)28-2/h5-10H,4H2,1-3H3,(H,22,23). The summed E-state index contributed by atoms with van der Waals surface area (Å²) in [4.78, 5) is 27.5. The Morgan fingerprint density at radius 3 is 2.57 bits per heavy atom. The Hall–Kier alpha value is -3.59. The summed E-state index contributed by atoms with van der Waals surface area (Å²) in [6, 6.07) is 7.32. The molecule has 10 heteroatoms. The lowest BCUT2D eigenvalue weighted by Gasteiger charge is -2.17. The van der Waals surface area contributed by atoms with Gasteiger partial charge >= 0.3 is 5.97 Å². The molecule has 3 rings (SSSR count). The zero-order valence-corrected chi connectivity index (χ0v) is 17.1. The molecule has 2 aromatic carbocycles. The Labute approximate surface area is 176 Å². The molecule has 1 N–H and O–H groups in total. The van der Waals surface area contributed by atoms with Crippen molar-refractivity contribution in [1.82, 2.24) is 4.98 Å². The minimum Gasteiger partial charge on any atom is -0.495 e. The largest absolute Gasteiger partial charge is 0.495 e. The fourth-order valence-electron chi connectivity index (χ4n) is 2.89. The summed E-state index contributed by atoms with van der Waals surface area (Å²) in [5.41, 5.74) is 1.10. The van der Waals surface area contributed by atoms with Gasteiger partial charge in [0.1, 0.15) is 17.1 Å². The highest BCUT2D eigenvalue weighted by Gasteiger charge is 2.21. The molecule has 0 bridgehead atoms. The van der Waals surface area contributed by atoms with Gasteiger partial charge in [0.05, 0.1) is 47.7 Å². The molecule has 0 aliphatic heterocycles. The van der Waals surface area contributed by atoms with E-state index in [0.717, 1.165) is 0 Å². The van der Waals surface area contributed by atoms with E-state index in [9.17, 15) is 14.9 Å². The third-order valence-electron chi connectivity index (χ3n) is 4.29. The summed E-state index contributed by atoms with van der Waals surface area (Å²) >= 11 is 6.20. The zero-order chi connectivity index (χ0) is 21.8. The Bertz CT molecular complexity index is 1140. The second-order valence-electron chi connectivity index (χ2n) is 6.04. The maximum atomic E-state index is 12.6. The Morgan fingerprint density at radius 1 is 1.20 bits per heavy atom.